The Labute approximate surface area is 166 Å². The first-order valence-corrected chi connectivity index (χ1v) is 12.8. The summed E-state index contributed by atoms with van der Waals surface area (Å²) >= 11 is 0. The van der Waals surface area contributed by atoms with E-state index in [1.165, 1.54) is 45.2 Å². The molecule has 0 fully saturated rings. The smallest absolute Gasteiger partial charge is 0.200 e. The van der Waals surface area contributed by atoms with E-state index in [2.05, 4.69) is 102 Å². The molecule has 0 spiro atoms. The van der Waals surface area contributed by atoms with Gasteiger partial charge in [-0.3, -0.25) is 0 Å². The zero-order valence-electron chi connectivity index (χ0n) is 18.1. The van der Waals surface area contributed by atoms with Crippen LogP contribution in [0, 0.1) is 13.8 Å². The molecule has 0 aliphatic rings. The molecule has 2 heteroatoms. The molecule has 1 heterocycles. The fraction of sp³-hybridized carbons (Fsp3) is 0.400. The van der Waals surface area contributed by atoms with Gasteiger partial charge >= 0.3 is 0 Å². The highest BCUT2D eigenvalue weighted by Gasteiger charge is 2.35. The minimum absolute atomic E-state index is 0.767. The normalized spacial score (nSPS) is 12.1. The standard InChI is InChI=1S/C25H34NSi/c1-8-27(9-2,18(3)4)22-12-13-23-21(17-22)14-15-26(7)25(23)24-16-19(5)10-11-20(24)6/h10-18H,8-9H2,1-7H3/q+1. The molecule has 0 saturated heterocycles. The third-order valence-corrected chi connectivity index (χ3v) is 12.9. The monoisotopic (exact) mass is 376 g/mol. The fourth-order valence-electron chi connectivity index (χ4n) is 4.82. The summed E-state index contributed by atoms with van der Waals surface area (Å²) in [6, 6.07) is 19.0. The number of rotatable bonds is 5. The van der Waals surface area contributed by atoms with Crippen molar-refractivity contribution in [1.29, 1.82) is 0 Å². The highest BCUT2D eigenvalue weighted by molar-refractivity contribution is 6.92. The lowest BCUT2D eigenvalue weighted by molar-refractivity contribution is -0.659. The second-order valence-corrected chi connectivity index (χ2v) is 13.9. The number of benzene rings is 2. The van der Waals surface area contributed by atoms with Gasteiger partial charge in [-0.25, -0.2) is 4.57 Å². The molecule has 2 aromatic carbocycles. The van der Waals surface area contributed by atoms with E-state index in [9.17, 15) is 0 Å². The highest BCUT2D eigenvalue weighted by atomic mass is 28.3. The summed E-state index contributed by atoms with van der Waals surface area (Å²) in [5.41, 5.74) is 6.08. The first-order chi connectivity index (χ1) is 12.8. The molecule has 0 N–H and O–H groups in total. The van der Waals surface area contributed by atoms with Crippen molar-refractivity contribution < 1.29 is 4.57 Å². The van der Waals surface area contributed by atoms with E-state index in [1.807, 2.05) is 0 Å². The van der Waals surface area contributed by atoms with Gasteiger partial charge in [0.25, 0.3) is 0 Å². The van der Waals surface area contributed by atoms with Gasteiger partial charge in [0, 0.05) is 11.6 Å². The molecule has 0 amide bonds. The molecule has 3 aromatic rings. The summed E-state index contributed by atoms with van der Waals surface area (Å²) in [5.74, 6) is 0. The zero-order chi connectivity index (χ0) is 19.8. The molecular weight excluding hydrogens is 342 g/mol. The van der Waals surface area contributed by atoms with Crippen molar-refractivity contribution in [2.24, 2.45) is 7.05 Å². The summed E-state index contributed by atoms with van der Waals surface area (Å²) in [6.07, 6.45) is 2.22. The fourth-order valence-corrected chi connectivity index (χ4v) is 9.29. The van der Waals surface area contributed by atoms with Gasteiger partial charge in [0.2, 0.25) is 5.69 Å². The van der Waals surface area contributed by atoms with Crippen LogP contribution < -0.4 is 9.75 Å². The molecule has 0 aliphatic carbocycles. The van der Waals surface area contributed by atoms with Crippen LogP contribution in [0.1, 0.15) is 38.8 Å². The third kappa shape index (κ3) is 3.36. The SMILES string of the molecule is CC[Si](CC)(c1ccc2c(-c3cc(C)ccc3C)[n+](C)ccc2c1)C(C)C. The number of nitrogens with zero attached hydrogens (tertiary/aromatic N) is 1. The predicted molar refractivity (Wildman–Crippen MR) is 121 cm³/mol. The van der Waals surface area contributed by atoms with E-state index >= 15 is 0 Å². The molecule has 1 aromatic heterocycles. The number of aromatic nitrogens is 1. The number of aryl methyl sites for hydroxylation is 3. The van der Waals surface area contributed by atoms with Crippen molar-refractivity contribution >= 4 is 24.0 Å². The molecule has 0 unspecified atom stereocenters. The van der Waals surface area contributed by atoms with Crippen molar-refractivity contribution in [3.8, 4) is 11.3 Å². The molecule has 0 radical (unpaired) electrons. The van der Waals surface area contributed by atoms with Gasteiger partial charge in [-0.15, -0.1) is 0 Å². The number of pyridine rings is 1. The summed E-state index contributed by atoms with van der Waals surface area (Å²) < 4.78 is 2.27. The Morgan fingerprint density at radius 3 is 2.26 bits per heavy atom. The molecule has 3 rings (SSSR count). The molecule has 0 saturated carbocycles. The van der Waals surface area contributed by atoms with Gasteiger partial charge in [-0.05, 0) is 42.5 Å². The minimum Gasteiger partial charge on any atom is -0.200 e. The van der Waals surface area contributed by atoms with E-state index in [0.29, 0.717) is 0 Å². The van der Waals surface area contributed by atoms with Crippen LogP contribution in [0.25, 0.3) is 22.0 Å². The summed E-state index contributed by atoms with van der Waals surface area (Å²) in [6.45, 7) is 14.0. The first-order valence-electron chi connectivity index (χ1n) is 10.3. The Hall–Kier alpha value is -1.93. The summed E-state index contributed by atoms with van der Waals surface area (Å²) in [7, 11) is 0.711. The van der Waals surface area contributed by atoms with Crippen molar-refractivity contribution in [1.82, 2.24) is 0 Å². The van der Waals surface area contributed by atoms with Crippen molar-refractivity contribution in [2.75, 3.05) is 0 Å². The van der Waals surface area contributed by atoms with Crippen molar-refractivity contribution in [3.05, 3.63) is 59.8 Å². The van der Waals surface area contributed by atoms with Crippen LogP contribution in [0.5, 0.6) is 0 Å². The van der Waals surface area contributed by atoms with E-state index in [-0.39, 0.29) is 0 Å². The lowest BCUT2D eigenvalue weighted by Gasteiger charge is -2.34. The Balaban J connectivity index is 2.27. The molecule has 27 heavy (non-hydrogen) atoms. The zero-order valence-corrected chi connectivity index (χ0v) is 19.1. The Bertz CT molecular complexity index is 967. The van der Waals surface area contributed by atoms with Gasteiger partial charge in [0.1, 0.15) is 7.05 Å². The van der Waals surface area contributed by atoms with Crippen molar-refractivity contribution in [3.63, 3.8) is 0 Å². The average Bonchev–Trinajstić information content (AvgIpc) is 2.65. The maximum Gasteiger partial charge on any atom is 0.220 e. The largest absolute Gasteiger partial charge is 0.220 e. The topological polar surface area (TPSA) is 3.88 Å². The molecule has 0 aliphatic heterocycles. The molecule has 1 nitrogen and oxygen atoms in total. The van der Waals surface area contributed by atoms with Gasteiger partial charge in [-0.1, -0.05) is 74.8 Å². The van der Waals surface area contributed by atoms with Crippen LogP contribution in [-0.2, 0) is 7.05 Å². The van der Waals surface area contributed by atoms with Crippen LogP contribution >= 0.6 is 0 Å². The van der Waals surface area contributed by atoms with E-state index in [0.717, 1.165) is 5.54 Å². The first kappa shape index (κ1) is 19.8. The Kier molecular flexibility index (Phi) is 5.57. The Morgan fingerprint density at radius 2 is 1.63 bits per heavy atom. The van der Waals surface area contributed by atoms with Crippen LogP contribution in [0.2, 0.25) is 17.6 Å². The summed E-state index contributed by atoms with van der Waals surface area (Å²) in [5, 5.41) is 4.35. The number of hydrogen-bond donors (Lipinski definition) is 0. The average molecular weight is 377 g/mol. The van der Waals surface area contributed by atoms with E-state index in [4.69, 9.17) is 0 Å². The molecular formula is C25H34NSi+. The minimum atomic E-state index is -1.45. The maximum absolute atomic E-state index is 2.50. The maximum atomic E-state index is 2.50. The molecule has 0 atom stereocenters. The van der Waals surface area contributed by atoms with E-state index in [1.54, 1.807) is 5.19 Å². The molecule has 142 valence electrons. The van der Waals surface area contributed by atoms with Crippen molar-refractivity contribution in [2.45, 2.75) is 59.2 Å². The van der Waals surface area contributed by atoms with Crippen LogP contribution in [0.4, 0.5) is 0 Å². The lowest BCUT2D eigenvalue weighted by Crippen LogP contribution is -2.49. The van der Waals surface area contributed by atoms with Gasteiger partial charge in [0.15, 0.2) is 6.20 Å². The summed E-state index contributed by atoms with van der Waals surface area (Å²) in [4.78, 5) is 0. The van der Waals surface area contributed by atoms with Crippen LogP contribution in [0.3, 0.4) is 0 Å². The Morgan fingerprint density at radius 1 is 0.926 bits per heavy atom. The third-order valence-electron chi connectivity index (χ3n) is 6.73. The number of fused-ring (bicyclic) bond motifs is 1. The highest BCUT2D eigenvalue weighted by Crippen LogP contribution is 2.32. The quantitative estimate of drug-likeness (QED) is 0.377. The molecule has 0 bridgehead atoms. The number of hydrogen-bond acceptors (Lipinski definition) is 0. The van der Waals surface area contributed by atoms with Gasteiger partial charge < -0.3 is 0 Å². The second-order valence-electron chi connectivity index (χ2n) is 8.41. The van der Waals surface area contributed by atoms with Crippen LogP contribution in [-0.4, -0.2) is 8.07 Å². The van der Waals surface area contributed by atoms with Gasteiger partial charge in [0.05, 0.1) is 13.5 Å². The second kappa shape index (κ2) is 7.59. The van der Waals surface area contributed by atoms with Gasteiger partial charge in [-0.2, -0.15) is 0 Å². The lowest BCUT2D eigenvalue weighted by atomic mass is 9.98. The van der Waals surface area contributed by atoms with Crippen LogP contribution in [0.15, 0.2) is 48.7 Å². The predicted octanol–water partition coefficient (Wildman–Crippen LogP) is 6.05. The van der Waals surface area contributed by atoms with E-state index < -0.39 is 8.07 Å².